The third kappa shape index (κ3) is 3.39. The number of aryl methyl sites for hydroxylation is 1. The zero-order valence-electron chi connectivity index (χ0n) is 20.1. The molecular weight excluding hydrogens is 452 g/mol. The highest BCUT2D eigenvalue weighted by atomic mass is 16.2. The Morgan fingerprint density at radius 1 is 1.00 bits per heavy atom. The van der Waals surface area contributed by atoms with Gasteiger partial charge in [0.15, 0.2) is 0 Å². The predicted octanol–water partition coefficient (Wildman–Crippen LogP) is 4.86. The summed E-state index contributed by atoms with van der Waals surface area (Å²) in [6.07, 6.45) is 0.437. The number of aromatic nitrogens is 1. The van der Waals surface area contributed by atoms with E-state index < -0.39 is 12.1 Å². The Balaban J connectivity index is 1.30. The molecule has 2 aliphatic heterocycles. The number of nitrogens with one attached hydrogen (secondary N) is 2. The minimum absolute atomic E-state index is 0.294. The van der Waals surface area contributed by atoms with E-state index in [1.807, 2.05) is 62.4 Å². The molecule has 2 N–H and O–H groups in total. The van der Waals surface area contributed by atoms with Gasteiger partial charge in [0.1, 0.15) is 6.04 Å². The molecule has 0 bridgehead atoms. The van der Waals surface area contributed by atoms with Crippen LogP contribution in [0.3, 0.4) is 0 Å². The number of H-pyrrole nitrogens is 1. The van der Waals surface area contributed by atoms with Gasteiger partial charge in [-0.1, -0.05) is 60.2 Å². The molecule has 3 aromatic carbocycles. The molecule has 0 aliphatic carbocycles. The van der Waals surface area contributed by atoms with Crippen molar-refractivity contribution in [3.8, 4) is 0 Å². The molecule has 2 aliphatic rings. The Morgan fingerprint density at radius 3 is 2.53 bits per heavy atom. The molecule has 7 nitrogen and oxygen atoms in total. The van der Waals surface area contributed by atoms with Gasteiger partial charge in [0.2, 0.25) is 0 Å². The smallest absolute Gasteiger partial charge is 0.332 e. The number of rotatable bonds is 4. The number of para-hydroxylation sites is 2. The van der Waals surface area contributed by atoms with E-state index in [2.05, 4.69) is 10.3 Å². The van der Waals surface area contributed by atoms with Gasteiger partial charge in [-0.05, 0) is 43.2 Å². The number of carbonyl (C=O) groups is 3. The summed E-state index contributed by atoms with van der Waals surface area (Å²) in [5.41, 5.74) is 5.76. The van der Waals surface area contributed by atoms with Crippen LogP contribution in [0.1, 0.15) is 45.7 Å². The first kappa shape index (κ1) is 22.1. The largest absolute Gasteiger partial charge is 0.356 e. The number of imide groups is 1. The van der Waals surface area contributed by atoms with E-state index in [-0.39, 0.29) is 17.9 Å². The summed E-state index contributed by atoms with van der Waals surface area (Å²) < 4.78 is 0. The lowest BCUT2D eigenvalue weighted by molar-refractivity contribution is -0.120. The lowest BCUT2D eigenvalue weighted by Crippen LogP contribution is -2.42. The van der Waals surface area contributed by atoms with Crippen LogP contribution in [-0.4, -0.2) is 33.8 Å². The average molecular weight is 479 g/mol. The highest BCUT2D eigenvalue weighted by Crippen LogP contribution is 2.42. The fourth-order valence-corrected chi connectivity index (χ4v) is 5.43. The maximum atomic E-state index is 13.7. The van der Waals surface area contributed by atoms with Crippen molar-refractivity contribution in [1.82, 2.24) is 15.2 Å². The summed E-state index contributed by atoms with van der Waals surface area (Å²) in [5.74, 6) is -0.637. The molecule has 6 rings (SSSR count). The highest BCUT2D eigenvalue weighted by Gasteiger charge is 2.52. The first-order valence-corrected chi connectivity index (χ1v) is 12.1. The number of nitrogens with zero attached hydrogens (tertiary/aromatic N) is 2. The third-order valence-electron chi connectivity index (χ3n) is 7.30. The first-order chi connectivity index (χ1) is 17.4. The van der Waals surface area contributed by atoms with Crippen molar-refractivity contribution in [2.24, 2.45) is 0 Å². The van der Waals surface area contributed by atoms with Crippen molar-refractivity contribution in [3.05, 3.63) is 101 Å². The normalized spacial score (nSPS) is 18.9. The molecule has 36 heavy (non-hydrogen) atoms. The second kappa shape index (κ2) is 8.37. The van der Waals surface area contributed by atoms with Gasteiger partial charge in [-0.2, -0.15) is 0 Å². The van der Waals surface area contributed by atoms with Crippen LogP contribution in [0.5, 0.6) is 0 Å². The average Bonchev–Trinajstić information content (AvgIpc) is 3.39. The van der Waals surface area contributed by atoms with Crippen LogP contribution in [0.15, 0.2) is 72.8 Å². The van der Waals surface area contributed by atoms with Gasteiger partial charge in [0.25, 0.3) is 11.8 Å². The van der Waals surface area contributed by atoms with Gasteiger partial charge >= 0.3 is 6.03 Å². The van der Waals surface area contributed by atoms with Crippen LogP contribution in [0, 0.1) is 6.92 Å². The van der Waals surface area contributed by atoms with Gasteiger partial charge in [-0.3, -0.25) is 9.59 Å². The monoisotopic (exact) mass is 478 g/mol. The van der Waals surface area contributed by atoms with Crippen molar-refractivity contribution in [2.75, 3.05) is 4.90 Å². The Kier molecular flexibility index (Phi) is 5.14. The van der Waals surface area contributed by atoms with Crippen molar-refractivity contribution in [3.63, 3.8) is 0 Å². The minimum Gasteiger partial charge on any atom is -0.356 e. The fraction of sp³-hybridized carbons (Fsp3) is 0.207. The van der Waals surface area contributed by atoms with Crippen LogP contribution in [0.4, 0.5) is 10.5 Å². The minimum atomic E-state index is -0.608. The maximum absolute atomic E-state index is 13.7. The third-order valence-corrected chi connectivity index (χ3v) is 7.30. The summed E-state index contributed by atoms with van der Waals surface area (Å²) in [6.45, 7) is 4.30. The number of urea groups is 1. The molecule has 1 fully saturated rings. The van der Waals surface area contributed by atoms with Crippen molar-refractivity contribution < 1.29 is 14.4 Å². The van der Waals surface area contributed by atoms with Crippen LogP contribution in [0.2, 0.25) is 0 Å². The van der Waals surface area contributed by atoms with Crippen LogP contribution in [0.25, 0.3) is 10.9 Å². The lowest BCUT2D eigenvalue weighted by atomic mass is 9.93. The van der Waals surface area contributed by atoms with Gasteiger partial charge in [0.05, 0.1) is 17.3 Å². The van der Waals surface area contributed by atoms with E-state index in [9.17, 15) is 14.4 Å². The molecule has 3 heterocycles. The van der Waals surface area contributed by atoms with E-state index in [0.717, 1.165) is 33.3 Å². The Bertz CT molecular complexity index is 1520. The van der Waals surface area contributed by atoms with Crippen molar-refractivity contribution in [1.29, 1.82) is 0 Å². The molecule has 2 atom stereocenters. The molecule has 1 aromatic heterocycles. The van der Waals surface area contributed by atoms with Crippen molar-refractivity contribution >= 4 is 34.4 Å². The summed E-state index contributed by atoms with van der Waals surface area (Å²) in [7, 11) is 0. The molecule has 4 aromatic rings. The number of aromatic amines is 1. The molecule has 0 saturated carbocycles. The standard InChI is InChI=1S/C29H26N4O3/c1-17-11-13-19(14-12-17)16-30-27(34)21-8-4-6-10-24(21)33-28(35)25-15-22-20-7-3-5-9-23(20)31-26(22)18(2)32(25)29(33)36/h3-14,18,25,31H,15-16H2,1-2H3,(H,30,34)/t18-,25-/m0/s1. The van der Waals surface area contributed by atoms with Crippen LogP contribution in [-0.2, 0) is 17.8 Å². The van der Waals surface area contributed by atoms with E-state index in [1.165, 1.54) is 4.90 Å². The second-order valence-corrected chi connectivity index (χ2v) is 9.51. The van der Waals surface area contributed by atoms with Gasteiger partial charge in [0, 0.05) is 29.6 Å². The zero-order chi connectivity index (χ0) is 25.0. The Labute approximate surface area is 208 Å². The molecule has 0 unspecified atom stereocenters. The van der Waals surface area contributed by atoms with Crippen LogP contribution >= 0.6 is 0 Å². The Morgan fingerprint density at radius 2 is 1.72 bits per heavy atom. The maximum Gasteiger partial charge on any atom is 0.332 e. The summed E-state index contributed by atoms with van der Waals surface area (Å²) >= 11 is 0. The highest BCUT2D eigenvalue weighted by molar-refractivity contribution is 6.24. The first-order valence-electron chi connectivity index (χ1n) is 12.1. The van der Waals surface area contributed by atoms with E-state index in [4.69, 9.17) is 0 Å². The lowest BCUT2D eigenvalue weighted by Gasteiger charge is -2.33. The quantitative estimate of drug-likeness (QED) is 0.411. The SMILES string of the molecule is Cc1ccc(CNC(=O)c2ccccc2N2C(=O)[C@@H]3Cc4c([nH]c5ccccc45)[C@H](C)N3C2=O)cc1. The number of benzene rings is 3. The summed E-state index contributed by atoms with van der Waals surface area (Å²) in [6, 6.07) is 21.4. The van der Waals surface area contributed by atoms with Gasteiger partial charge < -0.3 is 15.2 Å². The molecule has 180 valence electrons. The molecule has 7 heteroatoms. The Hall–Kier alpha value is -4.39. The number of amides is 4. The molecular formula is C29H26N4O3. The predicted molar refractivity (Wildman–Crippen MR) is 138 cm³/mol. The number of hydrogen-bond donors (Lipinski definition) is 2. The van der Waals surface area contributed by atoms with E-state index >= 15 is 0 Å². The summed E-state index contributed by atoms with van der Waals surface area (Å²) in [4.78, 5) is 46.8. The van der Waals surface area contributed by atoms with Crippen LogP contribution < -0.4 is 10.2 Å². The van der Waals surface area contributed by atoms with E-state index in [1.54, 1.807) is 29.2 Å². The topological polar surface area (TPSA) is 85.5 Å². The molecule has 1 saturated heterocycles. The number of fused-ring (bicyclic) bond motifs is 4. The zero-order valence-corrected chi connectivity index (χ0v) is 20.1. The summed E-state index contributed by atoms with van der Waals surface area (Å²) in [5, 5.41) is 4.00. The van der Waals surface area contributed by atoms with Crippen molar-refractivity contribution in [2.45, 2.75) is 38.9 Å². The number of hydrogen-bond acceptors (Lipinski definition) is 3. The number of carbonyl (C=O) groups excluding carboxylic acids is 3. The second-order valence-electron chi connectivity index (χ2n) is 9.51. The van der Waals surface area contributed by atoms with Gasteiger partial charge in [-0.15, -0.1) is 0 Å². The molecule has 0 radical (unpaired) electrons. The fourth-order valence-electron chi connectivity index (χ4n) is 5.43. The molecule has 4 amide bonds. The number of anilines is 1. The van der Waals surface area contributed by atoms with Gasteiger partial charge in [-0.25, -0.2) is 9.69 Å². The van der Waals surface area contributed by atoms with E-state index in [0.29, 0.717) is 24.2 Å². The molecule has 0 spiro atoms.